The van der Waals surface area contributed by atoms with Crippen LogP contribution in [-0.4, -0.2) is 34.6 Å². The van der Waals surface area contributed by atoms with Crippen LogP contribution in [0.5, 0.6) is 0 Å². The summed E-state index contributed by atoms with van der Waals surface area (Å²) in [5.41, 5.74) is -0.344. The van der Waals surface area contributed by atoms with E-state index in [0.717, 1.165) is 6.42 Å². The highest BCUT2D eigenvalue weighted by atomic mass is 16.3. The normalized spacial score (nSPS) is 19.4. The second kappa shape index (κ2) is 4.70. The van der Waals surface area contributed by atoms with Gasteiger partial charge in [-0.1, -0.05) is 13.8 Å². The zero-order valence-electron chi connectivity index (χ0n) is 7.25. The van der Waals surface area contributed by atoms with Gasteiger partial charge in [-0.15, -0.1) is 0 Å². The molecular weight excluding hydrogens is 144 g/mol. The SMILES string of the molecule is CCC(C)(CCO)C(O)CO. The first-order chi connectivity index (χ1) is 5.10. The molecule has 0 aliphatic heterocycles. The second-order valence-corrected chi connectivity index (χ2v) is 3.18. The predicted octanol–water partition coefficient (Wildman–Crippen LogP) is 0.138. The molecule has 0 aromatic rings. The van der Waals surface area contributed by atoms with Gasteiger partial charge in [0.1, 0.15) is 0 Å². The summed E-state index contributed by atoms with van der Waals surface area (Å²) in [6, 6.07) is 0. The lowest BCUT2D eigenvalue weighted by atomic mass is 9.79. The molecule has 0 radical (unpaired) electrons. The van der Waals surface area contributed by atoms with Crippen LogP contribution in [0.25, 0.3) is 0 Å². The van der Waals surface area contributed by atoms with Gasteiger partial charge in [-0.3, -0.25) is 0 Å². The quantitative estimate of drug-likeness (QED) is 0.539. The van der Waals surface area contributed by atoms with Crippen molar-refractivity contribution in [3.05, 3.63) is 0 Å². The Morgan fingerprint density at radius 1 is 1.36 bits per heavy atom. The van der Waals surface area contributed by atoms with Gasteiger partial charge in [-0.25, -0.2) is 0 Å². The van der Waals surface area contributed by atoms with Crippen LogP contribution in [0.3, 0.4) is 0 Å². The van der Waals surface area contributed by atoms with Crippen LogP contribution >= 0.6 is 0 Å². The van der Waals surface area contributed by atoms with Gasteiger partial charge in [-0.05, 0) is 18.3 Å². The van der Waals surface area contributed by atoms with E-state index in [0.29, 0.717) is 6.42 Å². The molecule has 0 bridgehead atoms. The van der Waals surface area contributed by atoms with Crippen LogP contribution in [-0.2, 0) is 0 Å². The Hall–Kier alpha value is -0.120. The molecule has 2 unspecified atom stereocenters. The molecule has 0 spiro atoms. The largest absolute Gasteiger partial charge is 0.396 e. The Labute approximate surface area is 67.7 Å². The van der Waals surface area contributed by atoms with Crippen molar-refractivity contribution in [3.63, 3.8) is 0 Å². The van der Waals surface area contributed by atoms with Gasteiger partial charge >= 0.3 is 0 Å². The molecule has 0 aromatic heterocycles. The molecule has 0 fully saturated rings. The van der Waals surface area contributed by atoms with E-state index in [4.69, 9.17) is 10.2 Å². The lowest BCUT2D eigenvalue weighted by Crippen LogP contribution is -2.35. The third-order valence-electron chi connectivity index (χ3n) is 2.47. The van der Waals surface area contributed by atoms with E-state index in [9.17, 15) is 5.11 Å². The van der Waals surface area contributed by atoms with Crippen molar-refractivity contribution in [1.29, 1.82) is 0 Å². The Balaban J connectivity index is 4.07. The summed E-state index contributed by atoms with van der Waals surface area (Å²) >= 11 is 0. The third-order valence-corrected chi connectivity index (χ3v) is 2.47. The fourth-order valence-corrected chi connectivity index (χ4v) is 1.05. The highest BCUT2D eigenvalue weighted by Crippen LogP contribution is 2.29. The molecule has 0 aliphatic rings. The molecule has 0 aliphatic carbocycles. The van der Waals surface area contributed by atoms with E-state index in [2.05, 4.69) is 0 Å². The maximum atomic E-state index is 9.35. The van der Waals surface area contributed by atoms with Crippen molar-refractivity contribution in [2.45, 2.75) is 32.8 Å². The lowest BCUT2D eigenvalue weighted by molar-refractivity contribution is -0.0208. The van der Waals surface area contributed by atoms with E-state index in [1.54, 1.807) is 0 Å². The molecule has 0 aromatic carbocycles. The average molecular weight is 162 g/mol. The molecule has 0 saturated carbocycles. The van der Waals surface area contributed by atoms with Crippen molar-refractivity contribution in [2.24, 2.45) is 5.41 Å². The molecule has 0 amide bonds. The van der Waals surface area contributed by atoms with E-state index in [1.165, 1.54) is 0 Å². The van der Waals surface area contributed by atoms with Crippen molar-refractivity contribution < 1.29 is 15.3 Å². The van der Waals surface area contributed by atoms with E-state index in [1.807, 2.05) is 13.8 Å². The summed E-state index contributed by atoms with van der Waals surface area (Å²) in [5, 5.41) is 26.7. The highest BCUT2D eigenvalue weighted by molar-refractivity contribution is 4.80. The topological polar surface area (TPSA) is 60.7 Å². The maximum Gasteiger partial charge on any atom is 0.0825 e. The Bertz CT molecular complexity index is 106. The first kappa shape index (κ1) is 10.9. The predicted molar refractivity (Wildman–Crippen MR) is 43.2 cm³/mol. The molecule has 0 heterocycles. The lowest BCUT2D eigenvalue weighted by Gasteiger charge is -2.31. The first-order valence-electron chi connectivity index (χ1n) is 4.00. The second-order valence-electron chi connectivity index (χ2n) is 3.18. The summed E-state index contributed by atoms with van der Waals surface area (Å²) in [6.45, 7) is 3.63. The van der Waals surface area contributed by atoms with Crippen molar-refractivity contribution in [1.82, 2.24) is 0 Å². The van der Waals surface area contributed by atoms with Crippen LogP contribution in [0.2, 0.25) is 0 Å². The van der Waals surface area contributed by atoms with Crippen molar-refractivity contribution in [2.75, 3.05) is 13.2 Å². The van der Waals surface area contributed by atoms with Crippen LogP contribution in [0, 0.1) is 5.41 Å². The van der Waals surface area contributed by atoms with Gasteiger partial charge in [0.15, 0.2) is 0 Å². The minimum absolute atomic E-state index is 0.0569. The average Bonchev–Trinajstić information content (AvgIpc) is 2.03. The molecule has 2 atom stereocenters. The number of rotatable bonds is 5. The molecule has 0 rings (SSSR count). The van der Waals surface area contributed by atoms with Gasteiger partial charge in [0.05, 0.1) is 12.7 Å². The number of aliphatic hydroxyl groups is 3. The Morgan fingerprint density at radius 3 is 2.18 bits per heavy atom. The molecule has 3 N–H and O–H groups in total. The smallest absolute Gasteiger partial charge is 0.0825 e. The molecule has 68 valence electrons. The monoisotopic (exact) mass is 162 g/mol. The zero-order valence-corrected chi connectivity index (χ0v) is 7.25. The van der Waals surface area contributed by atoms with Crippen LogP contribution in [0.1, 0.15) is 26.7 Å². The molecule has 3 nitrogen and oxygen atoms in total. The van der Waals surface area contributed by atoms with Crippen molar-refractivity contribution >= 4 is 0 Å². The van der Waals surface area contributed by atoms with Crippen LogP contribution in [0.4, 0.5) is 0 Å². The summed E-state index contributed by atoms with van der Waals surface area (Å²) < 4.78 is 0. The molecular formula is C8H18O3. The fourth-order valence-electron chi connectivity index (χ4n) is 1.05. The van der Waals surface area contributed by atoms with E-state index in [-0.39, 0.29) is 18.6 Å². The standard InChI is InChI=1S/C8H18O3/c1-3-8(2,4-5-9)7(11)6-10/h7,9-11H,3-6H2,1-2H3. The Kier molecular flexibility index (Phi) is 4.65. The molecule has 11 heavy (non-hydrogen) atoms. The number of aliphatic hydroxyl groups excluding tert-OH is 3. The summed E-state index contributed by atoms with van der Waals surface area (Å²) in [6.07, 6.45) is 0.570. The minimum Gasteiger partial charge on any atom is -0.396 e. The fraction of sp³-hybridized carbons (Fsp3) is 1.00. The number of hydrogen-bond donors (Lipinski definition) is 3. The van der Waals surface area contributed by atoms with Gasteiger partial charge in [0.25, 0.3) is 0 Å². The van der Waals surface area contributed by atoms with E-state index >= 15 is 0 Å². The van der Waals surface area contributed by atoms with Gasteiger partial charge in [0, 0.05) is 6.61 Å². The van der Waals surface area contributed by atoms with E-state index < -0.39 is 6.10 Å². The molecule has 3 heteroatoms. The molecule has 0 saturated heterocycles. The minimum atomic E-state index is -0.723. The number of hydrogen-bond acceptors (Lipinski definition) is 3. The van der Waals surface area contributed by atoms with Gasteiger partial charge in [0.2, 0.25) is 0 Å². The Morgan fingerprint density at radius 2 is 1.91 bits per heavy atom. The van der Waals surface area contributed by atoms with Crippen molar-refractivity contribution in [3.8, 4) is 0 Å². The summed E-state index contributed by atoms with van der Waals surface area (Å²) in [4.78, 5) is 0. The zero-order chi connectivity index (χ0) is 8.91. The maximum absolute atomic E-state index is 9.35. The van der Waals surface area contributed by atoms with Crippen LogP contribution < -0.4 is 0 Å². The van der Waals surface area contributed by atoms with Gasteiger partial charge < -0.3 is 15.3 Å². The summed E-state index contributed by atoms with van der Waals surface area (Å²) in [7, 11) is 0. The first-order valence-corrected chi connectivity index (χ1v) is 4.00. The van der Waals surface area contributed by atoms with Crippen LogP contribution in [0.15, 0.2) is 0 Å². The summed E-state index contributed by atoms with van der Waals surface area (Å²) in [5.74, 6) is 0. The van der Waals surface area contributed by atoms with Gasteiger partial charge in [-0.2, -0.15) is 0 Å². The third kappa shape index (κ3) is 2.77. The highest BCUT2D eigenvalue weighted by Gasteiger charge is 2.29.